The Balaban J connectivity index is 0.000000767. The second kappa shape index (κ2) is 27.3. The van der Waals surface area contributed by atoms with Crippen LogP contribution in [0.5, 0.6) is 0 Å². The molecule has 0 aliphatic heterocycles. The van der Waals surface area contributed by atoms with E-state index in [1.165, 1.54) is 81.5 Å². The first-order valence-corrected chi connectivity index (χ1v) is 20.6. The summed E-state index contributed by atoms with van der Waals surface area (Å²) in [6.07, 6.45) is 10.8. The van der Waals surface area contributed by atoms with Gasteiger partial charge in [0.25, 0.3) is 0 Å². The molecule has 2 aromatic heterocycles. The number of hydrogen-bond acceptors (Lipinski definition) is 7. The van der Waals surface area contributed by atoms with Crippen LogP contribution in [0.25, 0.3) is 22.5 Å². The van der Waals surface area contributed by atoms with E-state index in [0.29, 0.717) is 30.2 Å². The Bertz CT molecular complexity index is 1550. The lowest BCUT2D eigenvalue weighted by Crippen LogP contribution is -2.02. The molecule has 0 spiro atoms. The van der Waals surface area contributed by atoms with E-state index in [-0.39, 0.29) is 18.0 Å². The van der Waals surface area contributed by atoms with Crippen LogP contribution < -0.4 is 5.73 Å². The highest BCUT2D eigenvalue weighted by Gasteiger charge is 2.13. The maximum absolute atomic E-state index is 12.1. The fraction of sp³-hybridized carbons (Fsp3) is 0.512. The van der Waals surface area contributed by atoms with Gasteiger partial charge >= 0.3 is 0 Å². The third-order valence-electron chi connectivity index (χ3n) is 7.82. The first kappa shape index (κ1) is 48.7. The molecule has 0 amide bonds. The van der Waals surface area contributed by atoms with Gasteiger partial charge in [-0.2, -0.15) is 0 Å². The van der Waals surface area contributed by atoms with Crippen molar-refractivity contribution in [3.63, 3.8) is 0 Å². The summed E-state index contributed by atoms with van der Waals surface area (Å²) in [4.78, 5) is 31.3. The van der Waals surface area contributed by atoms with Crippen LogP contribution in [0.15, 0.2) is 35.0 Å². The minimum atomic E-state index is -0.203. The zero-order valence-corrected chi connectivity index (χ0v) is 35.1. The second-order valence-corrected chi connectivity index (χ2v) is 15.6. The number of anilines is 1. The summed E-state index contributed by atoms with van der Waals surface area (Å²) in [6.45, 7) is 17.1. The predicted molar refractivity (Wildman–Crippen MR) is 228 cm³/mol. The van der Waals surface area contributed by atoms with E-state index in [2.05, 4.69) is 90.0 Å². The fourth-order valence-corrected chi connectivity index (χ4v) is 7.28. The largest absolute Gasteiger partial charge is 0.375 e. The summed E-state index contributed by atoms with van der Waals surface area (Å²) in [6, 6.07) is 8.75. The maximum atomic E-state index is 12.1. The Morgan fingerprint density at radius 3 is 1.47 bits per heavy atom. The number of nitrogens with two attached hydrogens (primary N) is 1. The highest BCUT2D eigenvalue weighted by molar-refractivity contribution is 7.13. The molecular formula is C41H60Cl3N3O2S2. The minimum absolute atomic E-state index is 0. The minimum Gasteiger partial charge on any atom is -0.375 e. The topological polar surface area (TPSA) is 85.9 Å². The van der Waals surface area contributed by atoms with Crippen LogP contribution in [0.1, 0.15) is 124 Å². The fourth-order valence-electron chi connectivity index (χ4n) is 5.77. The summed E-state index contributed by atoms with van der Waals surface area (Å²) in [5.74, 6) is 0.319. The number of aromatic nitrogens is 2. The molecule has 284 valence electrons. The van der Waals surface area contributed by atoms with Gasteiger partial charge in [0.15, 0.2) is 5.13 Å². The van der Waals surface area contributed by atoms with Crippen molar-refractivity contribution in [2.24, 2.45) is 0 Å². The van der Waals surface area contributed by atoms with Crippen molar-refractivity contribution in [2.45, 2.75) is 133 Å². The van der Waals surface area contributed by atoms with Crippen LogP contribution in [0.2, 0.25) is 0 Å². The summed E-state index contributed by atoms with van der Waals surface area (Å²) in [5.41, 5.74) is 17.7. The van der Waals surface area contributed by atoms with Gasteiger partial charge in [0.05, 0.1) is 23.1 Å². The van der Waals surface area contributed by atoms with Crippen molar-refractivity contribution < 1.29 is 9.59 Å². The van der Waals surface area contributed by atoms with Crippen LogP contribution >= 0.6 is 57.5 Å². The van der Waals surface area contributed by atoms with Gasteiger partial charge in [-0.1, -0.05) is 95.2 Å². The Morgan fingerprint density at radius 1 is 0.667 bits per heavy atom. The first-order chi connectivity index (χ1) is 23.8. The van der Waals surface area contributed by atoms with Crippen molar-refractivity contribution in [1.82, 2.24) is 9.97 Å². The van der Waals surface area contributed by atoms with Crippen LogP contribution in [0.3, 0.4) is 0 Å². The van der Waals surface area contributed by atoms with Crippen LogP contribution in [-0.2, 0) is 16.0 Å². The summed E-state index contributed by atoms with van der Waals surface area (Å²) < 4.78 is 0. The number of benzene rings is 2. The average Bonchev–Trinajstić information content (AvgIpc) is 3.66. The van der Waals surface area contributed by atoms with Crippen molar-refractivity contribution in [1.29, 1.82) is 0 Å². The van der Waals surface area contributed by atoms with Gasteiger partial charge in [-0.15, -0.1) is 45.9 Å². The number of aryl methyl sites for hydroxylation is 6. The van der Waals surface area contributed by atoms with Gasteiger partial charge in [0.1, 0.15) is 10.8 Å². The molecule has 0 radical (unpaired) electrons. The van der Waals surface area contributed by atoms with E-state index in [1.54, 1.807) is 11.3 Å². The highest BCUT2D eigenvalue weighted by Crippen LogP contribution is 2.31. The monoisotopic (exact) mass is 795 g/mol. The molecule has 10 heteroatoms. The SMILES string of the molecule is C.CCCCCCC(=O)Cc1nc(-c2c(C)cc(C)cc2C)cs1.CCCCCCC(=O)Cl.Cc1cc(C)c(-c2csc(N)n2)c(C)c1.ClCCl. The molecule has 2 heterocycles. The third-order valence-corrected chi connectivity index (χ3v) is 9.54. The summed E-state index contributed by atoms with van der Waals surface area (Å²) in [7, 11) is 0. The number of nitrogen functional groups attached to an aromatic ring is 1. The number of Topliss-reactive ketones (excluding diaryl/α,β-unsaturated/α-hetero) is 1. The molecule has 0 aliphatic rings. The standard InChI is InChI=1S/C20H27NOS.C12H14N2S.C7H13ClO.CH2Cl2.CH4/c1-5-6-7-8-9-17(22)12-19-21-18(13-23-19)20-15(3)10-14(2)11-16(20)4;1-7-4-8(2)11(9(3)5-7)10-6-15-12(13)14-10;1-2-3-4-5-6-7(8)9;2-1-3;/h10-11,13H,5-9,12H2,1-4H3;4-6H,1-3H3,(H2,13,14);2-6H2,1H3;1H2;1H4. The van der Waals surface area contributed by atoms with Gasteiger partial charge in [-0.05, 0) is 88.2 Å². The van der Waals surface area contributed by atoms with Gasteiger partial charge in [-0.3, -0.25) is 9.59 Å². The van der Waals surface area contributed by atoms with Crippen LogP contribution in [-0.4, -0.2) is 26.3 Å². The van der Waals surface area contributed by atoms with E-state index in [4.69, 9.17) is 45.5 Å². The molecule has 5 nitrogen and oxygen atoms in total. The van der Waals surface area contributed by atoms with E-state index in [0.717, 1.165) is 42.1 Å². The van der Waals surface area contributed by atoms with Gasteiger partial charge in [-0.25, -0.2) is 9.97 Å². The molecule has 2 aromatic carbocycles. The number of carbonyl (C=O) groups is 2. The van der Waals surface area contributed by atoms with Crippen molar-refractivity contribution in [2.75, 3.05) is 11.1 Å². The molecule has 0 unspecified atom stereocenters. The molecule has 0 aliphatic carbocycles. The van der Waals surface area contributed by atoms with Crippen LogP contribution in [0, 0.1) is 41.5 Å². The molecule has 51 heavy (non-hydrogen) atoms. The van der Waals surface area contributed by atoms with Crippen molar-refractivity contribution in [3.8, 4) is 22.5 Å². The number of halogens is 3. The Morgan fingerprint density at radius 2 is 1.08 bits per heavy atom. The smallest absolute Gasteiger partial charge is 0.221 e. The number of rotatable bonds is 14. The molecule has 0 fully saturated rings. The summed E-state index contributed by atoms with van der Waals surface area (Å²) in [5, 5.41) is 5.67. The van der Waals surface area contributed by atoms with Crippen LogP contribution in [0.4, 0.5) is 5.13 Å². The lowest BCUT2D eigenvalue weighted by Gasteiger charge is -2.08. The number of unbranched alkanes of at least 4 members (excludes halogenated alkanes) is 6. The first-order valence-electron chi connectivity index (χ1n) is 17.4. The zero-order chi connectivity index (χ0) is 37.6. The van der Waals surface area contributed by atoms with Gasteiger partial charge in [0.2, 0.25) is 5.24 Å². The zero-order valence-electron chi connectivity index (χ0n) is 31.2. The third kappa shape index (κ3) is 19.4. The Labute approximate surface area is 331 Å². The number of carbonyl (C=O) groups excluding carboxylic acids is 2. The van der Waals surface area contributed by atoms with E-state index in [9.17, 15) is 9.59 Å². The molecule has 0 atom stereocenters. The number of alkyl halides is 2. The molecule has 4 aromatic rings. The van der Waals surface area contributed by atoms with Crippen molar-refractivity contribution >= 4 is 73.6 Å². The molecule has 0 bridgehead atoms. The molecule has 0 saturated heterocycles. The molecule has 4 rings (SSSR count). The molecule has 2 N–H and O–H groups in total. The Hall–Kier alpha value is -2.29. The molecular weight excluding hydrogens is 737 g/mol. The van der Waals surface area contributed by atoms with E-state index in [1.807, 2.05) is 5.38 Å². The molecule has 0 saturated carbocycles. The quantitative estimate of drug-likeness (QED) is 0.0780. The lowest BCUT2D eigenvalue weighted by molar-refractivity contribution is -0.118. The van der Waals surface area contributed by atoms with Gasteiger partial charge < -0.3 is 5.73 Å². The van der Waals surface area contributed by atoms with Gasteiger partial charge in [0, 0.05) is 34.7 Å². The normalized spacial score (nSPS) is 10.1. The Kier molecular flexibility index (Phi) is 26.1. The predicted octanol–water partition coefficient (Wildman–Crippen LogP) is 13.9. The number of thiazole rings is 2. The number of nitrogens with zero attached hydrogens (tertiary/aromatic N) is 2. The maximum Gasteiger partial charge on any atom is 0.221 e. The average molecular weight is 797 g/mol. The van der Waals surface area contributed by atoms with E-state index >= 15 is 0 Å². The number of ketones is 1. The van der Waals surface area contributed by atoms with Crippen molar-refractivity contribution in [3.05, 3.63) is 73.4 Å². The summed E-state index contributed by atoms with van der Waals surface area (Å²) >= 11 is 17.7. The lowest BCUT2D eigenvalue weighted by atomic mass is 9.98. The number of hydrogen-bond donors (Lipinski definition) is 1. The highest BCUT2D eigenvalue weighted by atomic mass is 35.5. The second-order valence-electron chi connectivity index (χ2n) is 12.5. The van der Waals surface area contributed by atoms with E-state index < -0.39 is 0 Å².